The number of halogens is 2. The molecule has 1 atom stereocenters. The highest BCUT2D eigenvalue weighted by molar-refractivity contribution is 6.31. The summed E-state index contributed by atoms with van der Waals surface area (Å²) in [6.07, 6.45) is 2.32. The summed E-state index contributed by atoms with van der Waals surface area (Å²) in [6, 6.07) is 7.58. The van der Waals surface area contributed by atoms with Crippen LogP contribution >= 0.6 is 24.0 Å². The minimum Gasteiger partial charge on any atom is -0.348 e. The Balaban J connectivity index is 0.00000264. The van der Waals surface area contributed by atoms with Crippen LogP contribution in [-0.4, -0.2) is 44.0 Å². The van der Waals surface area contributed by atoms with Gasteiger partial charge in [-0.25, -0.2) is 0 Å². The molecule has 1 amide bonds. The molecule has 0 spiro atoms. The van der Waals surface area contributed by atoms with Crippen molar-refractivity contribution in [2.75, 3.05) is 33.2 Å². The summed E-state index contributed by atoms with van der Waals surface area (Å²) in [7, 11) is 2.00. The van der Waals surface area contributed by atoms with Crippen molar-refractivity contribution < 1.29 is 4.79 Å². The van der Waals surface area contributed by atoms with Crippen LogP contribution in [0.2, 0.25) is 5.02 Å². The molecule has 0 saturated carbocycles. The first-order chi connectivity index (χ1) is 10.6. The fourth-order valence-electron chi connectivity index (χ4n) is 3.03. The van der Waals surface area contributed by atoms with E-state index < -0.39 is 0 Å². The lowest BCUT2D eigenvalue weighted by molar-refractivity contribution is -0.123. The zero-order valence-electron chi connectivity index (χ0n) is 13.8. The van der Waals surface area contributed by atoms with Gasteiger partial charge in [0.05, 0.1) is 12.6 Å². The molecule has 0 radical (unpaired) electrons. The zero-order chi connectivity index (χ0) is 15.9. The molecule has 1 fully saturated rings. The Morgan fingerprint density at radius 1 is 1.35 bits per heavy atom. The molecule has 2 N–H and O–H groups in total. The largest absolute Gasteiger partial charge is 0.348 e. The summed E-state index contributed by atoms with van der Waals surface area (Å²) in [4.78, 5) is 14.4. The lowest BCUT2D eigenvalue weighted by atomic mass is 9.97. The summed E-state index contributed by atoms with van der Waals surface area (Å²) in [5.41, 5.74) is 0.963. The van der Waals surface area contributed by atoms with E-state index in [1.807, 2.05) is 38.2 Å². The first kappa shape index (κ1) is 20.2. The third-order valence-corrected chi connectivity index (χ3v) is 4.66. The van der Waals surface area contributed by atoms with Crippen LogP contribution in [-0.2, 0) is 4.79 Å². The van der Waals surface area contributed by atoms with Gasteiger partial charge in [0.1, 0.15) is 0 Å². The number of benzene rings is 1. The molecule has 0 aliphatic carbocycles. The summed E-state index contributed by atoms with van der Waals surface area (Å²) in [5, 5.41) is 6.97. The smallest absolute Gasteiger partial charge is 0.234 e. The predicted molar refractivity (Wildman–Crippen MR) is 98.3 cm³/mol. The van der Waals surface area contributed by atoms with E-state index in [0.717, 1.165) is 44.0 Å². The number of amides is 1. The fourth-order valence-corrected chi connectivity index (χ4v) is 3.33. The number of hydrogen-bond acceptors (Lipinski definition) is 3. The number of likely N-dealkylation sites (tertiary alicyclic amines) is 1. The molecule has 4 nitrogen and oxygen atoms in total. The van der Waals surface area contributed by atoms with Crippen molar-refractivity contribution in [3.63, 3.8) is 0 Å². The number of nitrogens with zero attached hydrogens (tertiary/aromatic N) is 1. The maximum absolute atomic E-state index is 12.2. The van der Waals surface area contributed by atoms with Gasteiger partial charge in [0.2, 0.25) is 5.91 Å². The van der Waals surface area contributed by atoms with Crippen LogP contribution in [0.1, 0.15) is 31.4 Å². The van der Waals surface area contributed by atoms with Crippen LogP contribution in [0.5, 0.6) is 0 Å². The van der Waals surface area contributed by atoms with E-state index in [2.05, 4.69) is 15.5 Å². The standard InChI is InChI=1S/C17H26ClN3O.ClH/c1-13(15-5-3-4-6-16(15)18)20-17(22)12-21-9-7-14(8-10-21)11-19-2;/h3-6,13-14,19H,7-12H2,1-2H3,(H,20,22);1H. The minimum absolute atomic E-state index is 0. The van der Waals surface area contributed by atoms with E-state index in [0.29, 0.717) is 11.6 Å². The first-order valence-electron chi connectivity index (χ1n) is 8.01. The number of carbonyl (C=O) groups excluding carboxylic acids is 1. The second kappa shape index (κ2) is 10.1. The van der Waals surface area contributed by atoms with Gasteiger partial charge in [-0.15, -0.1) is 12.4 Å². The Kier molecular flexibility index (Phi) is 8.92. The molecule has 6 heteroatoms. The third kappa shape index (κ3) is 6.30. The Morgan fingerprint density at radius 3 is 2.61 bits per heavy atom. The molecule has 0 bridgehead atoms. The molecule has 23 heavy (non-hydrogen) atoms. The van der Waals surface area contributed by atoms with Gasteiger partial charge in [0.15, 0.2) is 0 Å². The van der Waals surface area contributed by atoms with Crippen molar-refractivity contribution in [1.29, 1.82) is 0 Å². The third-order valence-electron chi connectivity index (χ3n) is 4.32. The average Bonchev–Trinajstić information content (AvgIpc) is 2.50. The van der Waals surface area contributed by atoms with Crippen LogP contribution in [0.3, 0.4) is 0 Å². The monoisotopic (exact) mass is 359 g/mol. The Labute approximate surface area is 150 Å². The van der Waals surface area contributed by atoms with E-state index in [1.165, 1.54) is 0 Å². The molecular formula is C17H27Cl2N3O. The lowest BCUT2D eigenvalue weighted by Crippen LogP contribution is -2.43. The fraction of sp³-hybridized carbons (Fsp3) is 0.588. The van der Waals surface area contributed by atoms with E-state index in [4.69, 9.17) is 11.6 Å². The van der Waals surface area contributed by atoms with E-state index in [9.17, 15) is 4.79 Å². The topological polar surface area (TPSA) is 44.4 Å². The lowest BCUT2D eigenvalue weighted by Gasteiger charge is -2.31. The van der Waals surface area contributed by atoms with Crippen LogP contribution in [0.15, 0.2) is 24.3 Å². The van der Waals surface area contributed by atoms with Crippen molar-refractivity contribution in [2.24, 2.45) is 5.92 Å². The molecule has 1 heterocycles. The molecule has 1 aromatic carbocycles. The quantitative estimate of drug-likeness (QED) is 0.820. The maximum atomic E-state index is 12.2. The SMILES string of the molecule is CNCC1CCN(CC(=O)NC(C)c2ccccc2Cl)CC1.Cl. The van der Waals surface area contributed by atoms with Gasteiger partial charge in [0, 0.05) is 5.02 Å². The predicted octanol–water partition coefficient (Wildman–Crippen LogP) is 2.87. The molecule has 1 aliphatic heterocycles. The van der Waals surface area contributed by atoms with Gasteiger partial charge in [-0.1, -0.05) is 29.8 Å². The van der Waals surface area contributed by atoms with Gasteiger partial charge in [-0.05, 0) is 64.0 Å². The molecule has 2 rings (SSSR count). The van der Waals surface area contributed by atoms with Crippen molar-refractivity contribution in [3.8, 4) is 0 Å². The average molecular weight is 360 g/mol. The number of carbonyl (C=O) groups is 1. The van der Waals surface area contributed by atoms with Crippen LogP contribution in [0.25, 0.3) is 0 Å². The highest BCUT2D eigenvalue weighted by Crippen LogP contribution is 2.22. The highest BCUT2D eigenvalue weighted by atomic mass is 35.5. The van der Waals surface area contributed by atoms with Gasteiger partial charge < -0.3 is 10.6 Å². The summed E-state index contributed by atoms with van der Waals surface area (Å²) in [5.74, 6) is 0.811. The Morgan fingerprint density at radius 2 is 2.00 bits per heavy atom. The normalized spacial score (nSPS) is 17.3. The van der Waals surface area contributed by atoms with E-state index in [1.54, 1.807) is 0 Å². The Bertz CT molecular complexity index is 490. The van der Waals surface area contributed by atoms with Gasteiger partial charge >= 0.3 is 0 Å². The molecule has 1 aliphatic rings. The van der Waals surface area contributed by atoms with Crippen LogP contribution in [0.4, 0.5) is 0 Å². The summed E-state index contributed by atoms with van der Waals surface area (Å²) >= 11 is 6.17. The second-order valence-corrected chi connectivity index (χ2v) is 6.50. The van der Waals surface area contributed by atoms with Crippen LogP contribution in [0, 0.1) is 5.92 Å². The first-order valence-corrected chi connectivity index (χ1v) is 8.38. The number of rotatable bonds is 6. The van der Waals surface area contributed by atoms with Crippen molar-refractivity contribution in [2.45, 2.75) is 25.8 Å². The maximum Gasteiger partial charge on any atom is 0.234 e. The van der Waals surface area contributed by atoms with Crippen molar-refractivity contribution in [1.82, 2.24) is 15.5 Å². The minimum atomic E-state index is -0.0666. The molecular weight excluding hydrogens is 333 g/mol. The molecule has 130 valence electrons. The number of piperidine rings is 1. The van der Waals surface area contributed by atoms with Crippen molar-refractivity contribution >= 4 is 29.9 Å². The second-order valence-electron chi connectivity index (χ2n) is 6.09. The van der Waals surface area contributed by atoms with Gasteiger partial charge in [-0.2, -0.15) is 0 Å². The molecule has 1 aromatic rings. The van der Waals surface area contributed by atoms with Gasteiger partial charge in [-0.3, -0.25) is 9.69 Å². The zero-order valence-corrected chi connectivity index (χ0v) is 15.4. The summed E-state index contributed by atoms with van der Waals surface area (Å²) in [6.45, 7) is 5.52. The summed E-state index contributed by atoms with van der Waals surface area (Å²) < 4.78 is 0. The van der Waals surface area contributed by atoms with Gasteiger partial charge in [0.25, 0.3) is 0 Å². The molecule has 1 saturated heterocycles. The number of hydrogen-bond donors (Lipinski definition) is 2. The Hall–Kier alpha value is -0.810. The highest BCUT2D eigenvalue weighted by Gasteiger charge is 2.21. The number of nitrogens with one attached hydrogen (secondary N) is 2. The molecule has 1 unspecified atom stereocenters. The van der Waals surface area contributed by atoms with Crippen molar-refractivity contribution in [3.05, 3.63) is 34.9 Å². The van der Waals surface area contributed by atoms with E-state index >= 15 is 0 Å². The molecule has 0 aromatic heterocycles. The van der Waals surface area contributed by atoms with Crippen LogP contribution < -0.4 is 10.6 Å². The van der Waals surface area contributed by atoms with E-state index in [-0.39, 0.29) is 24.4 Å².